The summed E-state index contributed by atoms with van der Waals surface area (Å²) in [6.45, 7) is 14.2. The summed E-state index contributed by atoms with van der Waals surface area (Å²) in [5.74, 6) is 1.41. The van der Waals surface area contributed by atoms with Gasteiger partial charge in [0.2, 0.25) is 11.6 Å². The number of carbonyl (C=O) groups excluding carboxylic acids is 2. The second kappa shape index (κ2) is 54.5. The molecule has 9 aromatic rings. The van der Waals surface area contributed by atoms with Gasteiger partial charge in [-0.1, -0.05) is 63.7 Å². The number of anilines is 2. The number of halogens is 8. The fraction of sp³-hybridized carbons (Fsp3) is 0.444. The quantitative estimate of drug-likeness (QED) is 0.0118. The minimum atomic E-state index is -0.596. The van der Waals surface area contributed by atoms with E-state index in [2.05, 4.69) is 145 Å². The van der Waals surface area contributed by atoms with Crippen LogP contribution in [0.4, 0.5) is 11.4 Å². The Bertz CT molecular complexity index is 3790. The summed E-state index contributed by atoms with van der Waals surface area (Å²) in [4.78, 5) is 35.7. The summed E-state index contributed by atoms with van der Waals surface area (Å²) in [7, 11) is 0. The van der Waals surface area contributed by atoms with Gasteiger partial charge in [-0.15, -0.1) is 0 Å². The number of benzene rings is 6. The number of hydrogen-bond acceptors (Lipinski definition) is 28. The number of ether oxygens (including phenoxy) is 16. The van der Waals surface area contributed by atoms with Crippen LogP contribution in [0, 0.1) is 0 Å². The van der Waals surface area contributed by atoms with Crippen molar-refractivity contribution < 1.29 is 85.4 Å². The average Bonchev–Trinajstić information content (AvgIpc) is 1.47. The van der Waals surface area contributed by atoms with Crippen molar-refractivity contribution in [2.24, 2.45) is 0 Å². The smallest absolute Gasteiger partial charge is 0.233 e. The van der Waals surface area contributed by atoms with Crippen LogP contribution in [0.2, 0.25) is 0 Å². The zero-order valence-corrected chi connectivity index (χ0v) is 73.2. The molecule has 108 heavy (non-hydrogen) atoms. The van der Waals surface area contributed by atoms with Crippen LogP contribution in [0.15, 0.2) is 115 Å². The van der Waals surface area contributed by atoms with Crippen LogP contribution < -0.4 is 30.4 Å². The van der Waals surface area contributed by atoms with E-state index in [-0.39, 0.29) is 11.1 Å². The third-order valence-electron chi connectivity index (χ3n) is 14.4. The van der Waals surface area contributed by atoms with E-state index in [9.17, 15) is 9.59 Å². The van der Waals surface area contributed by atoms with Gasteiger partial charge in [0, 0.05) is 43.6 Å². The van der Waals surface area contributed by atoms with Crippen LogP contribution in [-0.2, 0) is 56.8 Å². The molecule has 0 fully saturated rings. The topological polar surface area (TPSA) is 311 Å². The van der Waals surface area contributed by atoms with Gasteiger partial charge in [0.05, 0.1) is 223 Å². The third kappa shape index (κ3) is 32.0. The zero-order valence-electron chi connectivity index (χ0n) is 58.9. The molecule has 26 nitrogen and oxygen atoms in total. The first-order valence-electron chi connectivity index (χ1n) is 34.0. The summed E-state index contributed by atoms with van der Waals surface area (Å²) >= 11 is 29.6. The van der Waals surface area contributed by atoms with Gasteiger partial charge in [-0.25, -0.2) is 9.97 Å². The van der Waals surface area contributed by atoms with Crippen molar-refractivity contribution in [3.05, 3.63) is 126 Å². The number of Topliss-reactive ketones (excluding diaryl/α,β-unsaturated/α-hetero) is 2. The van der Waals surface area contributed by atoms with E-state index >= 15 is 0 Å². The molecule has 0 saturated heterocycles. The first-order chi connectivity index (χ1) is 52.9. The number of ketones is 2. The Morgan fingerprint density at radius 3 is 0.713 bits per heavy atom. The molecule has 3 aromatic heterocycles. The van der Waals surface area contributed by atoms with Gasteiger partial charge in [-0.3, -0.25) is 9.59 Å². The van der Waals surface area contributed by atoms with Crippen LogP contribution >= 0.6 is 151 Å². The molecule has 0 atom stereocenters. The van der Waals surface area contributed by atoms with E-state index in [4.69, 9.17) is 97.2 Å². The minimum Gasteiger partial charge on any atom is -0.491 e. The second-order valence-corrected chi connectivity index (χ2v) is 29.3. The fourth-order valence-corrected chi connectivity index (χ4v) is 13.7. The van der Waals surface area contributed by atoms with E-state index in [1.807, 2.05) is 48.5 Å². The average molecular weight is 2050 g/mol. The van der Waals surface area contributed by atoms with E-state index in [0.29, 0.717) is 239 Å². The molecular formula is C72H84Br8N8O18S2. The number of nitrogens with zero attached hydrogens (tertiary/aromatic N) is 6. The van der Waals surface area contributed by atoms with E-state index in [1.165, 1.54) is 0 Å². The maximum Gasteiger partial charge on any atom is 0.233 e. The first kappa shape index (κ1) is 91.0. The van der Waals surface area contributed by atoms with Gasteiger partial charge in [-0.05, 0) is 161 Å². The summed E-state index contributed by atoms with van der Waals surface area (Å²) < 4.78 is 108. The Kier molecular flexibility index (Phi) is 45.9. The van der Waals surface area contributed by atoms with Crippen molar-refractivity contribution in [3.63, 3.8) is 0 Å². The molecule has 0 saturated carbocycles. The zero-order chi connectivity index (χ0) is 76.8. The van der Waals surface area contributed by atoms with Gasteiger partial charge in [-0.2, -0.15) is 17.5 Å². The molecule has 0 spiro atoms. The van der Waals surface area contributed by atoms with Crippen molar-refractivity contribution in [2.75, 3.05) is 218 Å². The van der Waals surface area contributed by atoms with Crippen LogP contribution in [0.5, 0.6) is 23.0 Å². The largest absolute Gasteiger partial charge is 0.491 e. The Morgan fingerprint density at radius 1 is 0.278 bits per heavy atom. The lowest BCUT2D eigenvalue weighted by Crippen LogP contribution is -2.15. The molecule has 0 aliphatic heterocycles. The molecule has 0 aliphatic carbocycles. The molecule has 0 amide bonds. The molecule has 9 rings (SSSR count). The van der Waals surface area contributed by atoms with Crippen LogP contribution in [-0.4, -0.2) is 245 Å². The van der Waals surface area contributed by atoms with E-state index in [0.717, 1.165) is 98.4 Å². The molecule has 588 valence electrons. The maximum atomic E-state index is 12.7. The number of fused-ring (bicyclic) bond motifs is 3. The fourth-order valence-electron chi connectivity index (χ4n) is 9.16. The Hall–Kier alpha value is -4.20. The molecule has 4 N–H and O–H groups in total. The maximum absolute atomic E-state index is 12.7. The summed E-state index contributed by atoms with van der Waals surface area (Å²) in [5, 5.41) is 3.25. The van der Waals surface area contributed by atoms with Gasteiger partial charge in [0.15, 0.2) is 0 Å². The summed E-state index contributed by atoms with van der Waals surface area (Å²) in [6.07, 6.45) is 0. The Labute approximate surface area is 702 Å². The molecule has 3 heterocycles. The van der Waals surface area contributed by atoms with E-state index < -0.39 is 11.6 Å². The lowest BCUT2D eigenvalue weighted by Gasteiger charge is -2.14. The normalized spacial score (nSPS) is 11.3. The highest BCUT2D eigenvalue weighted by Crippen LogP contribution is 2.42. The predicted octanol–water partition coefficient (Wildman–Crippen LogP) is 14.9. The van der Waals surface area contributed by atoms with Gasteiger partial charge in [0.25, 0.3) is 0 Å². The minimum absolute atomic E-state index is 0.286. The number of aromatic nitrogens is 6. The molecular weight excluding hydrogens is 1970 g/mol. The Balaban J connectivity index is 0.000000262. The lowest BCUT2D eigenvalue weighted by atomic mass is 10.0. The van der Waals surface area contributed by atoms with Crippen molar-refractivity contribution in [1.82, 2.24) is 27.5 Å². The number of nitrogens with two attached hydrogens (primary N) is 2. The molecule has 36 heteroatoms. The lowest BCUT2D eigenvalue weighted by molar-refractivity contribution is 0.0118. The first-order valence-corrected chi connectivity index (χ1v) is 43.1. The summed E-state index contributed by atoms with van der Waals surface area (Å²) in [5.41, 5.74) is 20.5. The highest BCUT2D eigenvalue weighted by Gasteiger charge is 2.23. The molecule has 6 aromatic carbocycles. The highest BCUT2D eigenvalue weighted by atomic mass is 79.9. The Morgan fingerprint density at radius 2 is 0.481 bits per heavy atom. The van der Waals surface area contributed by atoms with E-state index in [1.54, 1.807) is 48.5 Å². The number of carbonyl (C=O) groups is 2. The van der Waals surface area contributed by atoms with Gasteiger partial charge in [0.1, 0.15) is 82.5 Å². The number of alkyl halides is 4. The van der Waals surface area contributed by atoms with Gasteiger partial charge >= 0.3 is 0 Å². The van der Waals surface area contributed by atoms with Crippen molar-refractivity contribution in [3.8, 4) is 45.5 Å². The number of hydrogen-bond donors (Lipinski definition) is 2. The van der Waals surface area contributed by atoms with Crippen LogP contribution in [0.1, 0.15) is 20.7 Å². The summed E-state index contributed by atoms with van der Waals surface area (Å²) in [6, 6.07) is 28.5. The standard InChI is InChI=1S/C36H40Br4N4O8S.C30H40Br2O10.C6H4Br2N4S/c37-9-11-45-13-15-47-17-19-49-21-23-51-27-5-1-25(2-6-27)31-32(42-34-30(40)36-35(43-53-44-36)29(39)33(34)41-31)26-3-7-28(8-4-26)52-24-22-50-20-18-48-16-14-46-12-10-38;31-9-11-35-13-15-37-17-19-39-21-23-41-27-5-1-25(2-6-27)29(33)30(34)26-3-7-28(8-4-26)42-24-22-40-20-18-38-16-14-36-12-10-32;7-1-3(9)4(10)2(8)6-5(1)11-13-12-6/h1-8H,9-24H2;1-8H,9-24H2;9-10H2. The molecule has 0 aliphatic rings. The second-order valence-electron chi connectivity index (χ2n) is 21.9. The monoisotopic (exact) mass is 2040 g/mol. The SMILES string of the molecule is BrCCOCCOCCOCCOc1ccc(-c2nc3c(Br)c4nsnc4c(Br)c3nc2-c2ccc(OCCOCCOCCOCCBr)cc2)cc1.Nc1c(N)c(Br)c2nsnc2c1Br.O=C(C(=O)c1ccc(OCCOCCOCCOCCBr)cc1)c1ccc(OCCOCCOCCOCCBr)cc1. The van der Waals surface area contributed by atoms with Crippen molar-refractivity contribution in [2.45, 2.75) is 0 Å². The van der Waals surface area contributed by atoms with Crippen LogP contribution in [0.25, 0.3) is 55.6 Å². The highest BCUT2D eigenvalue weighted by molar-refractivity contribution is 9.11. The molecule has 0 bridgehead atoms. The van der Waals surface area contributed by atoms with Crippen LogP contribution in [0.3, 0.4) is 0 Å². The third-order valence-corrected chi connectivity index (χ3v) is 19.9. The van der Waals surface area contributed by atoms with Crippen molar-refractivity contribution in [1.29, 1.82) is 0 Å². The molecule has 0 unspecified atom stereocenters. The number of rotatable bonds is 53. The molecule has 0 radical (unpaired) electrons. The van der Waals surface area contributed by atoms with Gasteiger partial charge < -0.3 is 87.3 Å². The predicted molar refractivity (Wildman–Crippen MR) is 447 cm³/mol. The number of nitrogen functional groups attached to an aromatic ring is 2. The van der Waals surface area contributed by atoms with Crippen molar-refractivity contribution >= 4 is 207 Å².